The molecule has 1 rings (SSSR count). The van der Waals surface area contributed by atoms with Crippen molar-refractivity contribution in [3.05, 3.63) is 18.2 Å². The van der Waals surface area contributed by atoms with Gasteiger partial charge in [0.15, 0.2) is 0 Å². The van der Waals surface area contributed by atoms with Crippen LogP contribution in [0.1, 0.15) is 26.5 Å². The van der Waals surface area contributed by atoms with Crippen LogP contribution in [0.4, 0.5) is 0 Å². The van der Waals surface area contributed by atoms with Crippen molar-refractivity contribution in [3.63, 3.8) is 0 Å². The molecule has 0 amide bonds. The van der Waals surface area contributed by atoms with Crippen LogP contribution in [0, 0.1) is 6.92 Å². The van der Waals surface area contributed by atoms with Gasteiger partial charge in [-0.2, -0.15) is 0 Å². The Morgan fingerprint density at radius 1 is 1.40 bits per heavy atom. The van der Waals surface area contributed by atoms with Crippen molar-refractivity contribution in [1.29, 1.82) is 0 Å². The maximum absolute atomic E-state index is 4.05. The summed E-state index contributed by atoms with van der Waals surface area (Å²) in [4.78, 5) is 4.05. The highest BCUT2D eigenvalue weighted by atomic mass is 15.1. The number of imidazole rings is 1. The van der Waals surface area contributed by atoms with Crippen LogP contribution in [0.5, 0.6) is 0 Å². The summed E-state index contributed by atoms with van der Waals surface area (Å²) >= 11 is 0. The van der Waals surface area contributed by atoms with Crippen LogP contribution in [0.3, 0.4) is 0 Å². The first-order valence-electron chi connectivity index (χ1n) is 3.51. The molecular formula is C8H14N2. The largest absolute Gasteiger partial charge is 0.330 e. The van der Waals surface area contributed by atoms with Crippen molar-refractivity contribution < 1.29 is 0 Å². The molecule has 1 aromatic heterocycles. The molecule has 0 atom stereocenters. The summed E-state index contributed by atoms with van der Waals surface area (Å²) in [5.41, 5.74) is 1.38. The minimum atomic E-state index is 0.167. The van der Waals surface area contributed by atoms with Crippen LogP contribution >= 0.6 is 0 Å². The molecule has 2 nitrogen and oxygen atoms in total. The van der Waals surface area contributed by atoms with Gasteiger partial charge in [0.2, 0.25) is 0 Å². The van der Waals surface area contributed by atoms with Crippen molar-refractivity contribution in [1.82, 2.24) is 9.55 Å². The maximum Gasteiger partial charge on any atom is 0.0953 e. The van der Waals surface area contributed by atoms with Crippen LogP contribution in [0.25, 0.3) is 0 Å². The molecule has 0 N–H and O–H groups in total. The third-order valence-electron chi connectivity index (χ3n) is 1.55. The zero-order valence-corrected chi connectivity index (χ0v) is 7.05. The van der Waals surface area contributed by atoms with Gasteiger partial charge in [-0.1, -0.05) is 0 Å². The zero-order chi connectivity index (χ0) is 7.78. The van der Waals surface area contributed by atoms with E-state index in [-0.39, 0.29) is 5.54 Å². The fourth-order valence-corrected chi connectivity index (χ4v) is 1.06. The van der Waals surface area contributed by atoms with Crippen LogP contribution < -0.4 is 0 Å². The minimum Gasteiger partial charge on any atom is -0.330 e. The molecule has 0 unspecified atom stereocenters. The molecule has 0 fully saturated rings. The highest BCUT2D eigenvalue weighted by Crippen LogP contribution is 2.14. The second-order valence-electron chi connectivity index (χ2n) is 3.58. The highest BCUT2D eigenvalue weighted by molar-refractivity contribution is 4.98. The minimum absolute atomic E-state index is 0.167. The Morgan fingerprint density at radius 2 is 2.00 bits per heavy atom. The molecule has 0 radical (unpaired) electrons. The quantitative estimate of drug-likeness (QED) is 0.535. The van der Waals surface area contributed by atoms with Gasteiger partial charge in [0.25, 0.3) is 0 Å². The summed E-state index contributed by atoms with van der Waals surface area (Å²) < 4.78 is 2.16. The van der Waals surface area contributed by atoms with Gasteiger partial charge in [-0.05, 0) is 27.7 Å². The topological polar surface area (TPSA) is 17.8 Å². The van der Waals surface area contributed by atoms with E-state index in [1.54, 1.807) is 0 Å². The predicted molar refractivity (Wildman–Crippen MR) is 42.0 cm³/mol. The van der Waals surface area contributed by atoms with Crippen molar-refractivity contribution in [2.45, 2.75) is 33.2 Å². The number of nitrogens with zero attached hydrogens (tertiary/aromatic N) is 2. The van der Waals surface area contributed by atoms with Gasteiger partial charge in [0, 0.05) is 17.4 Å². The average molecular weight is 138 g/mol. The molecule has 1 aromatic rings. The Labute approximate surface area is 61.9 Å². The van der Waals surface area contributed by atoms with Gasteiger partial charge in [-0.15, -0.1) is 0 Å². The Balaban J connectivity index is 3.05. The summed E-state index contributed by atoms with van der Waals surface area (Å²) in [6, 6.07) is 0. The number of rotatable bonds is 0. The van der Waals surface area contributed by atoms with Crippen molar-refractivity contribution in [2.75, 3.05) is 0 Å². The number of aryl methyl sites for hydroxylation is 1. The van der Waals surface area contributed by atoms with E-state index in [0.717, 1.165) is 0 Å². The van der Waals surface area contributed by atoms with Crippen LogP contribution in [-0.2, 0) is 5.54 Å². The summed E-state index contributed by atoms with van der Waals surface area (Å²) in [7, 11) is 0. The third kappa shape index (κ3) is 1.20. The number of aromatic nitrogens is 2. The number of hydrogen-bond donors (Lipinski definition) is 0. The van der Waals surface area contributed by atoms with E-state index in [9.17, 15) is 0 Å². The van der Waals surface area contributed by atoms with E-state index in [0.29, 0.717) is 0 Å². The lowest BCUT2D eigenvalue weighted by Crippen LogP contribution is -2.21. The normalized spacial score (nSPS) is 12.0. The first-order valence-corrected chi connectivity index (χ1v) is 3.51. The van der Waals surface area contributed by atoms with Gasteiger partial charge in [0.1, 0.15) is 0 Å². The van der Waals surface area contributed by atoms with Gasteiger partial charge >= 0.3 is 0 Å². The first-order chi connectivity index (χ1) is 4.52. The monoisotopic (exact) mass is 138 g/mol. The van der Waals surface area contributed by atoms with E-state index < -0.39 is 0 Å². The highest BCUT2D eigenvalue weighted by Gasteiger charge is 2.13. The molecule has 0 aliphatic heterocycles. The Bertz CT molecular complexity index is 217. The average Bonchev–Trinajstić information content (AvgIpc) is 2.11. The van der Waals surface area contributed by atoms with Crippen LogP contribution in [-0.4, -0.2) is 9.55 Å². The van der Waals surface area contributed by atoms with Crippen LogP contribution in [0.15, 0.2) is 12.5 Å². The second-order valence-corrected chi connectivity index (χ2v) is 3.58. The van der Waals surface area contributed by atoms with E-state index in [2.05, 4.69) is 37.2 Å². The van der Waals surface area contributed by atoms with Gasteiger partial charge < -0.3 is 4.57 Å². The SMILES string of the molecule is Cc1cncn1C(C)(C)C. The molecule has 56 valence electrons. The fourth-order valence-electron chi connectivity index (χ4n) is 1.06. The Morgan fingerprint density at radius 3 is 2.20 bits per heavy atom. The predicted octanol–water partition coefficient (Wildman–Crippen LogP) is 1.95. The lowest BCUT2D eigenvalue weighted by Gasteiger charge is -2.22. The molecule has 0 saturated heterocycles. The third-order valence-corrected chi connectivity index (χ3v) is 1.55. The van der Waals surface area contributed by atoms with Gasteiger partial charge in [-0.25, -0.2) is 4.98 Å². The Hall–Kier alpha value is -0.790. The lowest BCUT2D eigenvalue weighted by atomic mass is 10.1. The summed E-state index contributed by atoms with van der Waals surface area (Å²) in [6.45, 7) is 8.57. The van der Waals surface area contributed by atoms with Crippen molar-refractivity contribution in [2.24, 2.45) is 0 Å². The van der Waals surface area contributed by atoms with Crippen molar-refractivity contribution >= 4 is 0 Å². The number of hydrogen-bond acceptors (Lipinski definition) is 1. The van der Waals surface area contributed by atoms with E-state index >= 15 is 0 Å². The second kappa shape index (κ2) is 2.11. The molecule has 2 heteroatoms. The molecule has 1 heterocycles. The maximum atomic E-state index is 4.05. The molecule has 0 aliphatic rings. The summed E-state index contributed by atoms with van der Waals surface area (Å²) in [6.07, 6.45) is 3.75. The smallest absolute Gasteiger partial charge is 0.0953 e. The zero-order valence-electron chi connectivity index (χ0n) is 7.05. The van der Waals surface area contributed by atoms with Crippen molar-refractivity contribution in [3.8, 4) is 0 Å². The van der Waals surface area contributed by atoms with Crippen LogP contribution in [0.2, 0.25) is 0 Å². The standard InChI is InChI=1S/C8H14N2/c1-7-5-9-6-10(7)8(2,3)4/h5-6H,1-4H3. The molecule has 0 spiro atoms. The molecule has 10 heavy (non-hydrogen) atoms. The van der Waals surface area contributed by atoms with Gasteiger partial charge in [0.05, 0.1) is 6.33 Å². The summed E-state index contributed by atoms with van der Waals surface area (Å²) in [5.74, 6) is 0. The molecule has 0 saturated carbocycles. The van der Waals surface area contributed by atoms with E-state index in [1.165, 1.54) is 5.69 Å². The summed E-state index contributed by atoms with van der Waals surface area (Å²) in [5, 5.41) is 0. The molecule has 0 aliphatic carbocycles. The molecule has 0 aromatic carbocycles. The van der Waals surface area contributed by atoms with E-state index in [4.69, 9.17) is 0 Å². The molecular weight excluding hydrogens is 124 g/mol. The first kappa shape index (κ1) is 7.32. The van der Waals surface area contributed by atoms with E-state index in [1.807, 2.05) is 12.5 Å². The Kier molecular flexibility index (Phi) is 1.55. The lowest BCUT2D eigenvalue weighted by molar-refractivity contribution is 0.389. The fraction of sp³-hybridized carbons (Fsp3) is 0.625. The van der Waals surface area contributed by atoms with Gasteiger partial charge in [-0.3, -0.25) is 0 Å². The molecule has 0 bridgehead atoms.